The predicted octanol–water partition coefficient (Wildman–Crippen LogP) is 4.00. The van der Waals surface area contributed by atoms with E-state index in [0.29, 0.717) is 11.4 Å². The van der Waals surface area contributed by atoms with Crippen LogP contribution in [0.3, 0.4) is 0 Å². The summed E-state index contributed by atoms with van der Waals surface area (Å²) in [5, 5.41) is 28.2. The number of hydrogen-bond donors (Lipinski definition) is 7. The summed E-state index contributed by atoms with van der Waals surface area (Å²) in [7, 11) is -6.55. The number of anilines is 8. The third kappa shape index (κ3) is 11.3. The Kier molecular flexibility index (Phi) is 13.5. The normalized spacial score (nSPS) is 11.9. The number of nitrogens with one attached hydrogen (secondary N) is 3. The first kappa shape index (κ1) is 42.9. The molecule has 0 amide bonds. The van der Waals surface area contributed by atoms with Gasteiger partial charge in [0.15, 0.2) is 0 Å². The topological polar surface area (TPSA) is 281 Å². The second kappa shape index (κ2) is 18.9. The number of para-hydroxylation sites is 2. The fraction of sp³-hybridized carbons (Fsp3) is 0.184. The summed E-state index contributed by atoms with van der Waals surface area (Å²) in [5.74, 6) is 0.173. The summed E-state index contributed by atoms with van der Waals surface area (Å²) in [4.78, 5) is 33.2. The Labute approximate surface area is 345 Å². The average Bonchev–Trinajstić information content (AvgIpc) is 3.21. The van der Waals surface area contributed by atoms with E-state index in [1.807, 2.05) is 24.3 Å². The molecule has 0 aliphatic heterocycles. The van der Waals surface area contributed by atoms with Crippen molar-refractivity contribution in [3.63, 3.8) is 0 Å². The molecule has 0 fully saturated rings. The second-order valence-electron chi connectivity index (χ2n) is 12.9. The van der Waals surface area contributed by atoms with Gasteiger partial charge in [0.25, 0.3) is 26.2 Å². The van der Waals surface area contributed by atoms with Crippen LogP contribution in [0.2, 0.25) is 0 Å². The molecule has 6 aromatic rings. The van der Waals surface area contributed by atoms with E-state index < -0.39 is 36.4 Å². The molecule has 4 aromatic carbocycles. The molecule has 0 aliphatic carbocycles. The SMILES string of the molecule is CN(CCO)c1nc(N=C(Cc2ccc(Nc3nc(Nc4ccccc4)nc(N(C)CCO)n3)cc2S(=O)(=O)O)c2ccccc2S(=O)(=O)O)nc(Nc2ccccc2)n1. The highest BCUT2D eigenvalue weighted by Gasteiger charge is 2.24. The Morgan fingerprint density at radius 1 is 0.583 bits per heavy atom. The summed E-state index contributed by atoms with van der Waals surface area (Å²) < 4.78 is 72.2. The van der Waals surface area contributed by atoms with Crippen LogP contribution >= 0.6 is 0 Å². The van der Waals surface area contributed by atoms with Crippen molar-refractivity contribution in [3.05, 3.63) is 114 Å². The Balaban J connectivity index is 1.45. The first-order valence-corrected chi connectivity index (χ1v) is 20.9. The number of aliphatic imine (C=N–C) groups is 1. The number of rotatable bonds is 18. The Bertz CT molecular complexity index is 2700. The smallest absolute Gasteiger partial charge is 0.295 e. The van der Waals surface area contributed by atoms with E-state index in [1.165, 1.54) is 35.2 Å². The maximum atomic E-state index is 13.0. The predicted molar refractivity (Wildman–Crippen MR) is 226 cm³/mol. The molecule has 22 heteroatoms. The largest absolute Gasteiger partial charge is 0.395 e. The van der Waals surface area contributed by atoms with Gasteiger partial charge in [-0.05, 0) is 48.0 Å². The monoisotopic (exact) mass is 856 g/mol. The summed E-state index contributed by atoms with van der Waals surface area (Å²) in [6.07, 6.45) is -0.441. The number of aliphatic hydroxyl groups is 2. The van der Waals surface area contributed by atoms with Gasteiger partial charge in [0.1, 0.15) is 4.90 Å². The molecule has 0 aliphatic rings. The quantitative estimate of drug-likeness (QED) is 0.0475. The molecule has 60 heavy (non-hydrogen) atoms. The van der Waals surface area contributed by atoms with Crippen LogP contribution in [0.1, 0.15) is 11.1 Å². The van der Waals surface area contributed by atoms with Gasteiger partial charge in [-0.2, -0.15) is 46.7 Å². The lowest BCUT2D eigenvalue weighted by Gasteiger charge is -2.18. The van der Waals surface area contributed by atoms with Crippen LogP contribution in [0.15, 0.2) is 118 Å². The molecule has 0 radical (unpaired) electrons. The van der Waals surface area contributed by atoms with E-state index in [9.17, 15) is 36.2 Å². The van der Waals surface area contributed by atoms with Crippen LogP contribution in [0.5, 0.6) is 0 Å². The number of likely N-dealkylation sites (N-methyl/N-ethyl adjacent to an activating group) is 2. The lowest BCUT2D eigenvalue weighted by Crippen LogP contribution is -2.24. The van der Waals surface area contributed by atoms with Crippen LogP contribution in [0.4, 0.5) is 52.8 Å². The minimum Gasteiger partial charge on any atom is -0.395 e. The van der Waals surface area contributed by atoms with E-state index in [4.69, 9.17) is 0 Å². The van der Waals surface area contributed by atoms with Crippen LogP contribution in [0.25, 0.3) is 0 Å². The van der Waals surface area contributed by atoms with Crippen LogP contribution < -0.4 is 25.8 Å². The molecule has 0 atom stereocenters. The van der Waals surface area contributed by atoms with Gasteiger partial charge in [-0.25, -0.2) is 4.99 Å². The zero-order valence-electron chi connectivity index (χ0n) is 32.1. The Morgan fingerprint density at radius 3 is 1.60 bits per heavy atom. The lowest BCUT2D eigenvalue weighted by molar-refractivity contribution is 0.303. The minimum absolute atomic E-state index is 0.0155. The standard InChI is InChI=1S/C38H40N12O8S2/c1-49(19-21-51)37-45-33(39-26-11-5-3-6-12-26)43-35(47-37)41-28-18-17-25(32(24-28)60(56,57)58)23-30(29-15-9-10-16-31(29)59(53,54)55)42-36-44-34(40-27-13-7-4-8-14-27)46-38(48-36)50(2)20-22-52/h3-18,24,51-52H,19-23H2,1-2H3,(H,53,54,55)(H,56,57,58)(H,40,44,46,48)(H2,39,41,43,45,47). The van der Waals surface area contributed by atoms with Crippen molar-refractivity contribution in [2.75, 3.05) is 66.1 Å². The molecule has 0 unspecified atom stereocenters. The highest BCUT2D eigenvalue weighted by atomic mass is 32.2. The van der Waals surface area contributed by atoms with Gasteiger partial charge in [-0.15, -0.1) is 0 Å². The third-order valence-corrected chi connectivity index (χ3v) is 10.4. The zero-order valence-corrected chi connectivity index (χ0v) is 33.7. The van der Waals surface area contributed by atoms with E-state index in [-0.39, 0.29) is 84.5 Å². The maximum Gasteiger partial charge on any atom is 0.295 e. The van der Waals surface area contributed by atoms with Crippen molar-refractivity contribution < 1.29 is 36.2 Å². The molecule has 0 saturated heterocycles. The first-order chi connectivity index (χ1) is 28.7. The van der Waals surface area contributed by atoms with Crippen molar-refractivity contribution in [2.24, 2.45) is 4.99 Å². The second-order valence-corrected chi connectivity index (χ2v) is 15.7. The number of nitrogens with zero attached hydrogens (tertiary/aromatic N) is 9. The number of benzene rings is 4. The van der Waals surface area contributed by atoms with Gasteiger partial charge in [-0.3, -0.25) is 9.11 Å². The van der Waals surface area contributed by atoms with E-state index in [0.717, 1.165) is 12.1 Å². The maximum absolute atomic E-state index is 13.0. The summed E-state index contributed by atoms with van der Waals surface area (Å²) in [6, 6.07) is 27.4. The van der Waals surface area contributed by atoms with Crippen LogP contribution in [-0.2, 0) is 26.7 Å². The molecule has 2 aromatic heterocycles. The van der Waals surface area contributed by atoms with E-state index in [1.54, 1.807) is 55.4 Å². The van der Waals surface area contributed by atoms with Crippen molar-refractivity contribution in [1.82, 2.24) is 29.9 Å². The van der Waals surface area contributed by atoms with Crippen LogP contribution in [-0.4, -0.2) is 112 Å². The molecule has 7 N–H and O–H groups in total. The Morgan fingerprint density at radius 2 is 1.07 bits per heavy atom. The fourth-order valence-corrected chi connectivity index (χ4v) is 7.11. The van der Waals surface area contributed by atoms with Crippen molar-refractivity contribution >= 4 is 78.7 Å². The number of aliphatic hydroxyl groups excluding tert-OH is 2. The molecular weight excluding hydrogens is 817 g/mol. The van der Waals surface area contributed by atoms with Gasteiger partial charge < -0.3 is 36.0 Å². The number of aromatic nitrogens is 6. The first-order valence-electron chi connectivity index (χ1n) is 18.0. The molecule has 0 bridgehead atoms. The highest BCUT2D eigenvalue weighted by Crippen LogP contribution is 2.28. The van der Waals surface area contributed by atoms with Gasteiger partial charge in [-0.1, -0.05) is 60.7 Å². The zero-order chi connectivity index (χ0) is 42.9. The number of hydrogen-bond acceptors (Lipinski definition) is 18. The van der Waals surface area contributed by atoms with E-state index >= 15 is 0 Å². The van der Waals surface area contributed by atoms with Gasteiger partial charge in [0.2, 0.25) is 29.7 Å². The highest BCUT2D eigenvalue weighted by molar-refractivity contribution is 7.86. The molecule has 0 saturated carbocycles. The average molecular weight is 857 g/mol. The minimum atomic E-state index is -4.98. The Hall–Kier alpha value is -6.69. The summed E-state index contributed by atoms with van der Waals surface area (Å²) in [5.41, 5.74) is 1.15. The molecule has 0 spiro atoms. The third-order valence-electron chi connectivity index (χ3n) is 8.52. The lowest BCUT2D eigenvalue weighted by atomic mass is 10.0. The van der Waals surface area contributed by atoms with Gasteiger partial charge in [0.05, 0.1) is 23.8 Å². The van der Waals surface area contributed by atoms with Crippen molar-refractivity contribution in [3.8, 4) is 0 Å². The van der Waals surface area contributed by atoms with E-state index in [2.05, 4.69) is 50.8 Å². The van der Waals surface area contributed by atoms with Gasteiger partial charge >= 0.3 is 0 Å². The van der Waals surface area contributed by atoms with Gasteiger partial charge in [0, 0.05) is 56.2 Å². The van der Waals surface area contributed by atoms with Crippen LogP contribution in [0, 0.1) is 0 Å². The molecular formula is C38H40N12O8S2. The summed E-state index contributed by atoms with van der Waals surface area (Å²) in [6.45, 7) is -0.104. The fourth-order valence-electron chi connectivity index (χ4n) is 5.65. The van der Waals surface area contributed by atoms with Crippen molar-refractivity contribution in [2.45, 2.75) is 16.2 Å². The molecule has 312 valence electrons. The van der Waals surface area contributed by atoms with Crippen molar-refractivity contribution in [1.29, 1.82) is 0 Å². The molecule has 20 nitrogen and oxygen atoms in total. The summed E-state index contributed by atoms with van der Waals surface area (Å²) >= 11 is 0. The molecule has 2 heterocycles. The molecule has 6 rings (SSSR count).